The second-order valence-electron chi connectivity index (χ2n) is 6.32. The van der Waals surface area contributed by atoms with E-state index in [2.05, 4.69) is 5.32 Å². The highest BCUT2D eigenvalue weighted by Crippen LogP contribution is 2.27. The fourth-order valence-corrected chi connectivity index (χ4v) is 3.10. The maximum Gasteiger partial charge on any atom is 0.249 e. The van der Waals surface area contributed by atoms with Gasteiger partial charge < -0.3 is 15.3 Å². The Morgan fingerprint density at radius 2 is 1.88 bits per heavy atom. The molecule has 0 fully saturated rings. The van der Waals surface area contributed by atoms with Crippen molar-refractivity contribution in [3.63, 3.8) is 0 Å². The predicted molar refractivity (Wildman–Crippen MR) is 96.5 cm³/mol. The number of rotatable bonds is 5. The van der Waals surface area contributed by atoms with Gasteiger partial charge in [0.15, 0.2) is 0 Å². The summed E-state index contributed by atoms with van der Waals surface area (Å²) >= 11 is 0. The quantitative estimate of drug-likeness (QED) is 0.880. The second-order valence-corrected chi connectivity index (χ2v) is 6.32. The number of carbonyl (C=O) groups is 2. The molecule has 5 heteroatoms. The lowest BCUT2D eigenvalue weighted by molar-refractivity contribution is -0.127. The van der Waals surface area contributed by atoms with Gasteiger partial charge in [-0.15, -0.1) is 0 Å². The van der Waals surface area contributed by atoms with Crippen LogP contribution < -0.4 is 10.2 Å². The Kier molecular flexibility index (Phi) is 5.03. The van der Waals surface area contributed by atoms with Crippen molar-refractivity contribution >= 4 is 17.5 Å². The van der Waals surface area contributed by atoms with Crippen molar-refractivity contribution in [1.82, 2.24) is 5.32 Å². The minimum Gasteiger partial charge on any atom is -0.508 e. The summed E-state index contributed by atoms with van der Waals surface area (Å²) in [4.78, 5) is 26.5. The van der Waals surface area contributed by atoms with Gasteiger partial charge in [0.1, 0.15) is 11.8 Å². The molecule has 0 radical (unpaired) electrons. The molecular weight excluding hydrogens is 316 g/mol. The Morgan fingerprint density at radius 1 is 1.16 bits per heavy atom. The van der Waals surface area contributed by atoms with E-state index in [0.717, 1.165) is 17.7 Å². The molecule has 1 aliphatic rings. The number of nitrogens with one attached hydrogen (secondary N) is 1. The van der Waals surface area contributed by atoms with Crippen LogP contribution in [0.1, 0.15) is 24.5 Å². The van der Waals surface area contributed by atoms with Crippen LogP contribution >= 0.6 is 0 Å². The number of fused-ring (bicyclic) bond motifs is 1. The third kappa shape index (κ3) is 3.99. The first-order valence-electron chi connectivity index (χ1n) is 8.51. The fraction of sp³-hybridized carbons (Fsp3) is 0.300. The number of aromatic hydroxyl groups is 1. The van der Waals surface area contributed by atoms with E-state index in [9.17, 15) is 14.7 Å². The Bertz CT molecular complexity index is 771. The van der Waals surface area contributed by atoms with E-state index in [4.69, 9.17) is 0 Å². The molecule has 130 valence electrons. The normalized spacial score (nSPS) is 14.0. The average molecular weight is 338 g/mol. The van der Waals surface area contributed by atoms with Crippen molar-refractivity contribution in [1.29, 1.82) is 0 Å². The van der Waals surface area contributed by atoms with E-state index in [0.29, 0.717) is 19.4 Å². The number of carbonyl (C=O) groups excluding carboxylic acids is 2. The van der Waals surface area contributed by atoms with Crippen molar-refractivity contribution in [2.24, 2.45) is 0 Å². The molecule has 5 nitrogen and oxygen atoms in total. The number of aryl methyl sites for hydroxylation is 1. The van der Waals surface area contributed by atoms with Crippen molar-refractivity contribution < 1.29 is 14.7 Å². The van der Waals surface area contributed by atoms with Crippen LogP contribution in [-0.4, -0.2) is 29.5 Å². The van der Waals surface area contributed by atoms with Gasteiger partial charge in [-0.1, -0.05) is 30.3 Å². The van der Waals surface area contributed by atoms with Crippen LogP contribution in [0.4, 0.5) is 5.69 Å². The Labute approximate surface area is 147 Å². The van der Waals surface area contributed by atoms with Crippen molar-refractivity contribution in [3.8, 4) is 5.75 Å². The summed E-state index contributed by atoms with van der Waals surface area (Å²) in [5.41, 5.74) is 3.08. The Balaban J connectivity index is 1.53. The molecule has 2 amide bonds. The van der Waals surface area contributed by atoms with E-state index in [1.54, 1.807) is 36.1 Å². The number of phenols is 1. The lowest BCUT2D eigenvalue weighted by Crippen LogP contribution is -2.46. The summed E-state index contributed by atoms with van der Waals surface area (Å²) in [6, 6.07) is 14.1. The lowest BCUT2D eigenvalue weighted by Gasteiger charge is -2.22. The molecule has 0 aliphatic carbocycles. The number of benzene rings is 2. The first kappa shape index (κ1) is 17.0. The topological polar surface area (TPSA) is 69.6 Å². The maximum absolute atomic E-state index is 12.6. The monoisotopic (exact) mass is 338 g/mol. The number of hydrogen-bond acceptors (Lipinski definition) is 3. The van der Waals surface area contributed by atoms with E-state index < -0.39 is 6.04 Å². The molecule has 0 aromatic heterocycles. The minimum absolute atomic E-state index is 0.0806. The summed E-state index contributed by atoms with van der Waals surface area (Å²) in [5, 5.41) is 12.1. The zero-order chi connectivity index (χ0) is 17.8. The molecule has 2 aromatic rings. The van der Waals surface area contributed by atoms with Crippen LogP contribution in [0.2, 0.25) is 0 Å². The van der Waals surface area contributed by atoms with Crippen LogP contribution in [-0.2, 0) is 22.4 Å². The number of amides is 2. The van der Waals surface area contributed by atoms with Gasteiger partial charge in [0.2, 0.25) is 11.8 Å². The first-order chi connectivity index (χ1) is 12.0. The Hall–Kier alpha value is -2.82. The van der Waals surface area contributed by atoms with E-state index in [1.807, 2.05) is 24.3 Å². The summed E-state index contributed by atoms with van der Waals surface area (Å²) in [6.07, 6.45) is 1.72. The molecule has 0 saturated carbocycles. The molecule has 0 bridgehead atoms. The SMILES string of the molecule is C[C@H](NC(=O)CCc1ccc(O)cc1)C(=O)N1CCc2ccccc21. The zero-order valence-corrected chi connectivity index (χ0v) is 14.2. The third-order valence-electron chi connectivity index (χ3n) is 4.48. The highest BCUT2D eigenvalue weighted by atomic mass is 16.3. The number of phenolic OH excluding ortho intramolecular Hbond substituents is 1. The highest BCUT2D eigenvalue weighted by Gasteiger charge is 2.28. The number of para-hydroxylation sites is 1. The van der Waals surface area contributed by atoms with Crippen LogP contribution in [0.25, 0.3) is 0 Å². The highest BCUT2D eigenvalue weighted by molar-refractivity contribution is 6.00. The second kappa shape index (κ2) is 7.38. The maximum atomic E-state index is 12.6. The molecule has 1 aliphatic heterocycles. The Morgan fingerprint density at radius 3 is 2.64 bits per heavy atom. The van der Waals surface area contributed by atoms with Crippen molar-refractivity contribution in [2.45, 2.75) is 32.2 Å². The van der Waals surface area contributed by atoms with Gasteiger partial charge in [-0.25, -0.2) is 0 Å². The summed E-state index contributed by atoms with van der Waals surface area (Å²) in [7, 11) is 0. The molecule has 0 spiro atoms. The van der Waals surface area contributed by atoms with Gasteiger partial charge >= 0.3 is 0 Å². The van der Waals surface area contributed by atoms with Gasteiger partial charge in [0.05, 0.1) is 0 Å². The molecular formula is C20H22N2O3. The standard InChI is InChI=1S/C20H22N2O3/c1-14(20(25)22-13-12-16-4-2-3-5-18(16)22)21-19(24)11-8-15-6-9-17(23)10-7-15/h2-7,9-10,14,23H,8,11-13H2,1H3,(H,21,24)/t14-/m0/s1. The molecule has 3 rings (SSSR count). The van der Waals surface area contributed by atoms with Crippen LogP contribution in [0.5, 0.6) is 5.75 Å². The summed E-state index contributed by atoms with van der Waals surface area (Å²) < 4.78 is 0. The molecule has 25 heavy (non-hydrogen) atoms. The average Bonchev–Trinajstić information content (AvgIpc) is 3.04. The zero-order valence-electron chi connectivity index (χ0n) is 14.2. The summed E-state index contributed by atoms with van der Waals surface area (Å²) in [5.74, 6) is -0.0253. The van der Waals surface area contributed by atoms with Crippen LogP contribution in [0.3, 0.4) is 0 Å². The van der Waals surface area contributed by atoms with Gasteiger partial charge in [-0.2, -0.15) is 0 Å². The van der Waals surface area contributed by atoms with Gasteiger partial charge in [0, 0.05) is 18.7 Å². The lowest BCUT2D eigenvalue weighted by atomic mass is 10.1. The summed E-state index contributed by atoms with van der Waals surface area (Å²) in [6.45, 7) is 2.38. The fourth-order valence-electron chi connectivity index (χ4n) is 3.10. The van der Waals surface area contributed by atoms with Crippen LogP contribution in [0.15, 0.2) is 48.5 Å². The van der Waals surface area contributed by atoms with Crippen LogP contribution in [0, 0.1) is 0 Å². The molecule has 1 atom stereocenters. The minimum atomic E-state index is -0.557. The molecule has 2 N–H and O–H groups in total. The molecule has 0 unspecified atom stereocenters. The van der Waals surface area contributed by atoms with Gasteiger partial charge in [0.25, 0.3) is 0 Å². The van der Waals surface area contributed by atoms with E-state index in [1.165, 1.54) is 5.56 Å². The molecule has 2 aromatic carbocycles. The third-order valence-corrected chi connectivity index (χ3v) is 4.48. The van der Waals surface area contributed by atoms with E-state index in [-0.39, 0.29) is 17.6 Å². The number of anilines is 1. The van der Waals surface area contributed by atoms with Crippen molar-refractivity contribution in [3.05, 3.63) is 59.7 Å². The first-order valence-corrected chi connectivity index (χ1v) is 8.51. The molecule has 1 heterocycles. The largest absolute Gasteiger partial charge is 0.508 e. The van der Waals surface area contributed by atoms with Gasteiger partial charge in [-0.3, -0.25) is 9.59 Å². The number of hydrogen-bond donors (Lipinski definition) is 2. The van der Waals surface area contributed by atoms with E-state index >= 15 is 0 Å². The smallest absolute Gasteiger partial charge is 0.249 e. The van der Waals surface area contributed by atoms with Gasteiger partial charge in [-0.05, 0) is 49.1 Å². The number of nitrogens with zero attached hydrogens (tertiary/aromatic N) is 1. The van der Waals surface area contributed by atoms with Crippen molar-refractivity contribution in [2.75, 3.05) is 11.4 Å². The molecule has 0 saturated heterocycles. The predicted octanol–water partition coefficient (Wildman–Crippen LogP) is 2.42.